The van der Waals surface area contributed by atoms with Gasteiger partial charge in [-0.3, -0.25) is 0 Å². The highest BCUT2D eigenvalue weighted by Crippen LogP contribution is 2.26. The van der Waals surface area contributed by atoms with E-state index >= 15 is 0 Å². The predicted octanol–water partition coefficient (Wildman–Crippen LogP) is 2.23. The van der Waals surface area contributed by atoms with Gasteiger partial charge in [-0.15, -0.1) is 0 Å². The molecule has 0 aromatic carbocycles. The SMILES string of the molecule is Cc1cc(NC[C@]2(C)CCCO2)nc(C2CCNCC2)n1. The van der Waals surface area contributed by atoms with E-state index in [0.29, 0.717) is 5.92 Å². The Labute approximate surface area is 126 Å². The van der Waals surface area contributed by atoms with Gasteiger partial charge in [-0.25, -0.2) is 9.97 Å². The average molecular weight is 290 g/mol. The van der Waals surface area contributed by atoms with Crippen molar-refractivity contribution in [3.8, 4) is 0 Å². The predicted molar refractivity (Wildman–Crippen MR) is 83.7 cm³/mol. The Kier molecular flexibility index (Phi) is 4.40. The fourth-order valence-electron chi connectivity index (χ4n) is 3.20. The van der Waals surface area contributed by atoms with Gasteiger partial charge < -0.3 is 15.4 Å². The number of aromatic nitrogens is 2. The highest BCUT2D eigenvalue weighted by molar-refractivity contribution is 5.37. The van der Waals surface area contributed by atoms with Crippen molar-refractivity contribution in [3.63, 3.8) is 0 Å². The summed E-state index contributed by atoms with van der Waals surface area (Å²) in [4.78, 5) is 9.39. The van der Waals surface area contributed by atoms with Crippen LogP contribution < -0.4 is 10.6 Å². The molecule has 0 radical (unpaired) electrons. The van der Waals surface area contributed by atoms with Crippen LogP contribution >= 0.6 is 0 Å². The summed E-state index contributed by atoms with van der Waals surface area (Å²) in [7, 11) is 0. The van der Waals surface area contributed by atoms with Crippen molar-refractivity contribution in [2.75, 3.05) is 31.6 Å². The fourth-order valence-corrected chi connectivity index (χ4v) is 3.20. The quantitative estimate of drug-likeness (QED) is 0.890. The molecule has 1 atom stereocenters. The van der Waals surface area contributed by atoms with Crippen molar-refractivity contribution >= 4 is 5.82 Å². The number of piperidine rings is 1. The minimum absolute atomic E-state index is 0.0478. The van der Waals surface area contributed by atoms with Gasteiger partial charge in [0.05, 0.1) is 5.60 Å². The second-order valence-electron chi connectivity index (χ2n) is 6.53. The van der Waals surface area contributed by atoms with E-state index in [1.165, 1.54) is 0 Å². The lowest BCUT2D eigenvalue weighted by Crippen LogP contribution is -2.33. The molecular weight excluding hydrogens is 264 g/mol. The third-order valence-electron chi connectivity index (χ3n) is 4.52. The zero-order valence-corrected chi connectivity index (χ0v) is 13.1. The molecule has 2 aliphatic rings. The maximum Gasteiger partial charge on any atom is 0.134 e. The molecule has 0 saturated carbocycles. The third kappa shape index (κ3) is 3.71. The summed E-state index contributed by atoms with van der Waals surface area (Å²) in [6.07, 6.45) is 4.53. The Hall–Kier alpha value is -1.20. The highest BCUT2D eigenvalue weighted by atomic mass is 16.5. The number of nitrogens with zero attached hydrogens (tertiary/aromatic N) is 2. The van der Waals surface area contributed by atoms with Crippen LogP contribution in [0.2, 0.25) is 0 Å². The van der Waals surface area contributed by atoms with Gasteiger partial charge in [0, 0.05) is 30.8 Å². The van der Waals surface area contributed by atoms with E-state index in [4.69, 9.17) is 9.72 Å². The smallest absolute Gasteiger partial charge is 0.134 e. The highest BCUT2D eigenvalue weighted by Gasteiger charge is 2.29. The molecule has 2 fully saturated rings. The van der Waals surface area contributed by atoms with Gasteiger partial charge in [0.2, 0.25) is 0 Å². The average Bonchev–Trinajstić information content (AvgIpc) is 2.93. The maximum absolute atomic E-state index is 5.82. The normalized spacial score (nSPS) is 27.0. The first-order valence-electron chi connectivity index (χ1n) is 8.09. The van der Waals surface area contributed by atoms with Crippen LogP contribution in [0.25, 0.3) is 0 Å². The first kappa shape index (κ1) is 14.7. The Morgan fingerprint density at radius 1 is 1.38 bits per heavy atom. The van der Waals surface area contributed by atoms with E-state index < -0.39 is 0 Å². The summed E-state index contributed by atoms with van der Waals surface area (Å²) in [5.41, 5.74) is 0.992. The largest absolute Gasteiger partial charge is 0.373 e. The standard InChI is InChI=1S/C16H26N4O/c1-12-10-14(18-11-16(2)6-3-9-21-16)20-15(19-12)13-4-7-17-8-5-13/h10,13,17H,3-9,11H2,1-2H3,(H,18,19,20)/t16-/m0/s1. The lowest BCUT2D eigenvalue weighted by atomic mass is 9.97. The summed E-state index contributed by atoms with van der Waals surface area (Å²) in [5, 5.41) is 6.85. The molecule has 5 heteroatoms. The molecule has 2 saturated heterocycles. The van der Waals surface area contributed by atoms with Crippen molar-refractivity contribution in [2.45, 2.75) is 51.0 Å². The summed E-state index contributed by atoms with van der Waals surface area (Å²) < 4.78 is 5.82. The lowest BCUT2D eigenvalue weighted by molar-refractivity contribution is 0.0314. The van der Waals surface area contributed by atoms with Gasteiger partial charge in [-0.2, -0.15) is 0 Å². The minimum atomic E-state index is -0.0478. The molecule has 3 rings (SSSR count). The lowest BCUT2D eigenvalue weighted by Gasteiger charge is -2.25. The number of rotatable bonds is 4. The molecule has 1 aromatic heterocycles. The van der Waals surface area contributed by atoms with Gasteiger partial charge in [-0.1, -0.05) is 0 Å². The molecule has 1 aromatic rings. The van der Waals surface area contributed by atoms with E-state index in [1.54, 1.807) is 0 Å². The Morgan fingerprint density at radius 3 is 2.90 bits per heavy atom. The van der Waals surface area contributed by atoms with Crippen LogP contribution in [0.1, 0.15) is 50.0 Å². The van der Waals surface area contributed by atoms with Crippen LogP contribution in [0.5, 0.6) is 0 Å². The molecule has 2 N–H and O–H groups in total. The van der Waals surface area contributed by atoms with Crippen LogP contribution in [0, 0.1) is 6.92 Å². The first-order chi connectivity index (χ1) is 10.1. The molecule has 0 bridgehead atoms. The Morgan fingerprint density at radius 2 is 2.19 bits per heavy atom. The number of anilines is 1. The summed E-state index contributed by atoms with van der Waals surface area (Å²) in [6, 6.07) is 2.03. The van der Waals surface area contributed by atoms with Gasteiger partial charge in [0.15, 0.2) is 0 Å². The van der Waals surface area contributed by atoms with E-state index in [0.717, 1.165) is 69.3 Å². The zero-order valence-electron chi connectivity index (χ0n) is 13.1. The second-order valence-corrected chi connectivity index (χ2v) is 6.53. The fraction of sp³-hybridized carbons (Fsp3) is 0.750. The van der Waals surface area contributed by atoms with Gasteiger partial charge >= 0.3 is 0 Å². The number of aryl methyl sites for hydroxylation is 1. The molecule has 2 aliphatic heterocycles. The molecule has 21 heavy (non-hydrogen) atoms. The second kappa shape index (κ2) is 6.28. The van der Waals surface area contributed by atoms with Crippen LogP contribution in [-0.4, -0.2) is 41.8 Å². The van der Waals surface area contributed by atoms with E-state index in [1.807, 2.05) is 13.0 Å². The van der Waals surface area contributed by atoms with Crippen molar-refractivity contribution in [1.29, 1.82) is 0 Å². The number of ether oxygens (including phenoxy) is 1. The monoisotopic (exact) mass is 290 g/mol. The summed E-state index contributed by atoms with van der Waals surface area (Å²) in [5.74, 6) is 2.43. The summed E-state index contributed by atoms with van der Waals surface area (Å²) in [6.45, 7) is 8.05. The molecule has 5 nitrogen and oxygen atoms in total. The Bertz CT molecular complexity index is 479. The molecule has 0 aliphatic carbocycles. The third-order valence-corrected chi connectivity index (χ3v) is 4.52. The van der Waals surface area contributed by atoms with Crippen molar-refractivity contribution in [1.82, 2.24) is 15.3 Å². The molecule has 0 spiro atoms. The minimum Gasteiger partial charge on any atom is -0.373 e. The van der Waals surface area contributed by atoms with Gasteiger partial charge in [-0.05, 0) is 52.6 Å². The topological polar surface area (TPSA) is 59.1 Å². The van der Waals surface area contributed by atoms with Crippen LogP contribution in [-0.2, 0) is 4.74 Å². The Balaban J connectivity index is 1.68. The number of nitrogens with one attached hydrogen (secondary N) is 2. The van der Waals surface area contributed by atoms with Gasteiger partial charge in [0.1, 0.15) is 11.6 Å². The molecule has 3 heterocycles. The van der Waals surface area contributed by atoms with Gasteiger partial charge in [0.25, 0.3) is 0 Å². The molecule has 0 unspecified atom stereocenters. The maximum atomic E-state index is 5.82. The summed E-state index contributed by atoms with van der Waals surface area (Å²) >= 11 is 0. The molecule has 0 amide bonds. The van der Waals surface area contributed by atoms with Crippen molar-refractivity contribution < 1.29 is 4.74 Å². The van der Waals surface area contributed by atoms with E-state index in [9.17, 15) is 0 Å². The molecule has 116 valence electrons. The van der Waals surface area contributed by atoms with Crippen LogP contribution in [0.4, 0.5) is 5.82 Å². The number of hydrogen-bond donors (Lipinski definition) is 2. The van der Waals surface area contributed by atoms with E-state index in [-0.39, 0.29) is 5.60 Å². The molecular formula is C16H26N4O. The zero-order chi connectivity index (χ0) is 14.7. The van der Waals surface area contributed by atoms with Crippen molar-refractivity contribution in [2.24, 2.45) is 0 Å². The van der Waals surface area contributed by atoms with Crippen LogP contribution in [0.15, 0.2) is 6.07 Å². The van der Waals surface area contributed by atoms with E-state index in [2.05, 4.69) is 22.5 Å². The van der Waals surface area contributed by atoms with Crippen LogP contribution in [0.3, 0.4) is 0 Å². The number of hydrogen-bond acceptors (Lipinski definition) is 5. The van der Waals surface area contributed by atoms with Crippen molar-refractivity contribution in [3.05, 3.63) is 17.6 Å². The first-order valence-corrected chi connectivity index (χ1v) is 8.09.